The van der Waals surface area contributed by atoms with Crippen molar-refractivity contribution >= 4 is 16.6 Å². The van der Waals surface area contributed by atoms with Gasteiger partial charge >= 0.3 is 0 Å². The van der Waals surface area contributed by atoms with Crippen LogP contribution < -0.4 is 14.8 Å². The van der Waals surface area contributed by atoms with E-state index in [4.69, 9.17) is 9.47 Å². The number of ether oxygens (including phenoxy) is 2. The summed E-state index contributed by atoms with van der Waals surface area (Å²) < 4.78 is 11.6. The molecule has 3 aromatic rings. The largest absolute Gasteiger partial charge is 0.490 e. The van der Waals surface area contributed by atoms with Crippen LogP contribution in [0, 0.1) is 11.3 Å². The van der Waals surface area contributed by atoms with Crippen molar-refractivity contribution in [2.75, 3.05) is 18.5 Å². The molecule has 0 unspecified atom stereocenters. The van der Waals surface area contributed by atoms with Crippen LogP contribution in [-0.2, 0) is 6.54 Å². The fourth-order valence-electron chi connectivity index (χ4n) is 2.96. The number of hydrogen-bond donors (Lipinski definition) is 1. The molecule has 124 valence electrons. The number of rotatable bonds is 3. The van der Waals surface area contributed by atoms with Crippen molar-refractivity contribution in [3.63, 3.8) is 0 Å². The van der Waals surface area contributed by atoms with E-state index in [1.807, 2.05) is 42.5 Å². The number of hydrogen-bond acceptors (Lipinski definition) is 5. The van der Waals surface area contributed by atoms with Crippen molar-refractivity contribution in [1.29, 1.82) is 5.26 Å². The highest BCUT2D eigenvalue weighted by Gasteiger charge is 2.14. The number of fused-ring (bicyclic) bond motifs is 2. The Bertz CT molecular complexity index is 963. The van der Waals surface area contributed by atoms with Gasteiger partial charge in [0.25, 0.3) is 0 Å². The maximum absolute atomic E-state index is 9.22. The molecule has 0 radical (unpaired) electrons. The van der Waals surface area contributed by atoms with Crippen molar-refractivity contribution in [1.82, 2.24) is 4.98 Å². The Hall–Kier alpha value is -3.26. The first-order chi connectivity index (χ1) is 12.3. The number of nitrogens with zero attached hydrogens (tertiary/aromatic N) is 2. The Balaban J connectivity index is 1.66. The second-order valence-electron chi connectivity index (χ2n) is 5.83. The van der Waals surface area contributed by atoms with E-state index in [-0.39, 0.29) is 0 Å². The zero-order valence-corrected chi connectivity index (χ0v) is 13.7. The summed E-state index contributed by atoms with van der Waals surface area (Å²) in [6.07, 6.45) is 0.877. The van der Waals surface area contributed by atoms with Crippen molar-refractivity contribution in [3.05, 3.63) is 59.8 Å². The fourth-order valence-corrected chi connectivity index (χ4v) is 2.96. The number of aromatic nitrogens is 1. The quantitative estimate of drug-likeness (QED) is 0.789. The van der Waals surface area contributed by atoms with Crippen LogP contribution in [-0.4, -0.2) is 18.2 Å². The first-order valence-corrected chi connectivity index (χ1v) is 8.26. The van der Waals surface area contributed by atoms with Gasteiger partial charge in [0, 0.05) is 29.6 Å². The van der Waals surface area contributed by atoms with E-state index in [9.17, 15) is 5.26 Å². The highest BCUT2D eigenvalue weighted by Crippen LogP contribution is 2.34. The summed E-state index contributed by atoms with van der Waals surface area (Å²) in [5.74, 6) is 1.58. The van der Waals surface area contributed by atoms with Gasteiger partial charge in [0.05, 0.1) is 18.7 Å². The second-order valence-corrected chi connectivity index (χ2v) is 5.83. The molecule has 0 spiro atoms. The number of pyridine rings is 1. The van der Waals surface area contributed by atoms with Gasteiger partial charge in [-0.05, 0) is 18.2 Å². The number of anilines is 1. The van der Waals surface area contributed by atoms with E-state index in [1.165, 1.54) is 0 Å². The van der Waals surface area contributed by atoms with Crippen LogP contribution in [0.3, 0.4) is 0 Å². The predicted octanol–water partition coefficient (Wildman–Crippen LogP) is 3.88. The minimum Gasteiger partial charge on any atom is -0.490 e. The lowest BCUT2D eigenvalue weighted by Crippen LogP contribution is -2.04. The first kappa shape index (κ1) is 15.3. The van der Waals surface area contributed by atoms with Gasteiger partial charge in [-0.25, -0.2) is 4.98 Å². The molecule has 4 rings (SSSR count). The van der Waals surface area contributed by atoms with Crippen LogP contribution in [0.2, 0.25) is 0 Å². The molecule has 1 aromatic heterocycles. The predicted molar refractivity (Wildman–Crippen MR) is 95.8 cm³/mol. The fraction of sp³-hybridized carbons (Fsp3) is 0.200. The van der Waals surface area contributed by atoms with Gasteiger partial charge in [-0.15, -0.1) is 0 Å². The molecule has 0 fully saturated rings. The standard InChI is InChI=1S/C20H17N3O2/c21-12-15-11-18(16-6-1-2-7-17(16)23-15)22-13-14-5-3-8-19-20(14)25-10-4-9-24-19/h1-3,5-8,11H,4,9-10,13H2,(H,22,23). The van der Waals surface area contributed by atoms with Crippen LogP contribution in [0.25, 0.3) is 10.9 Å². The van der Waals surface area contributed by atoms with Crippen LogP contribution in [0.15, 0.2) is 48.5 Å². The molecule has 0 saturated heterocycles. The maximum Gasteiger partial charge on any atom is 0.166 e. The van der Waals surface area contributed by atoms with Gasteiger partial charge in [0.15, 0.2) is 11.5 Å². The number of nitrogens with one attached hydrogen (secondary N) is 1. The zero-order valence-electron chi connectivity index (χ0n) is 13.7. The topological polar surface area (TPSA) is 67.2 Å². The average molecular weight is 331 g/mol. The van der Waals surface area contributed by atoms with Crippen LogP contribution in [0.1, 0.15) is 17.7 Å². The lowest BCUT2D eigenvalue weighted by atomic mass is 10.1. The molecule has 0 bridgehead atoms. The maximum atomic E-state index is 9.22. The van der Waals surface area contributed by atoms with Gasteiger partial charge in [0.2, 0.25) is 0 Å². The number of nitriles is 1. The normalized spacial score (nSPS) is 13.1. The Morgan fingerprint density at radius 1 is 1.08 bits per heavy atom. The molecular formula is C20H17N3O2. The van der Waals surface area contributed by atoms with E-state index in [1.54, 1.807) is 6.07 Å². The van der Waals surface area contributed by atoms with E-state index < -0.39 is 0 Å². The van der Waals surface area contributed by atoms with Crippen molar-refractivity contribution < 1.29 is 9.47 Å². The minimum absolute atomic E-state index is 0.396. The molecule has 0 atom stereocenters. The van der Waals surface area contributed by atoms with Crippen molar-refractivity contribution in [3.8, 4) is 17.6 Å². The van der Waals surface area contributed by atoms with Crippen LogP contribution in [0.5, 0.6) is 11.5 Å². The van der Waals surface area contributed by atoms with Gasteiger partial charge < -0.3 is 14.8 Å². The summed E-state index contributed by atoms with van der Waals surface area (Å²) in [6.45, 7) is 1.90. The van der Waals surface area contributed by atoms with Crippen LogP contribution >= 0.6 is 0 Å². The average Bonchev–Trinajstić information content (AvgIpc) is 2.91. The molecular weight excluding hydrogens is 314 g/mol. The lowest BCUT2D eigenvalue weighted by molar-refractivity contribution is 0.296. The molecule has 0 amide bonds. The summed E-state index contributed by atoms with van der Waals surface area (Å²) in [7, 11) is 0. The monoisotopic (exact) mass is 331 g/mol. The Morgan fingerprint density at radius 3 is 2.88 bits per heavy atom. The molecule has 0 aliphatic carbocycles. The summed E-state index contributed by atoms with van der Waals surface area (Å²) in [5.41, 5.74) is 3.11. The van der Waals surface area contributed by atoms with Crippen molar-refractivity contribution in [2.45, 2.75) is 13.0 Å². The van der Waals surface area contributed by atoms with E-state index in [2.05, 4.69) is 16.4 Å². The molecule has 2 heterocycles. The molecule has 1 N–H and O–H groups in total. The molecule has 25 heavy (non-hydrogen) atoms. The zero-order chi connectivity index (χ0) is 17.1. The summed E-state index contributed by atoms with van der Waals surface area (Å²) in [6, 6.07) is 17.6. The highest BCUT2D eigenvalue weighted by molar-refractivity contribution is 5.91. The molecule has 0 saturated carbocycles. The third kappa shape index (κ3) is 3.07. The second kappa shape index (κ2) is 6.70. The molecule has 2 aromatic carbocycles. The highest BCUT2D eigenvalue weighted by atomic mass is 16.5. The van der Waals surface area contributed by atoms with Crippen LogP contribution in [0.4, 0.5) is 5.69 Å². The summed E-state index contributed by atoms with van der Waals surface area (Å²) in [5, 5.41) is 13.6. The molecule has 1 aliphatic heterocycles. The van der Waals surface area contributed by atoms with Crippen molar-refractivity contribution in [2.24, 2.45) is 0 Å². The Morgan fingerprint density at radius 2 is 1.96 bits per heavy atom. The van der Waals surface area contributed by atoms with E-state index in [0.29, 0.717) is 25.5 Å². The summed E-state index contributed by atoms with van der Waals surface area (Å²) in [4.78, 5) is 4.35. The Labute approximate surface area is 145 Å². The minimum atomic E-state index is 0.396. The van der Waals surface area contributed by atoms with E-state index >= 15 is 0 Å². The van der Waals surface area contributed by atoms with Gasteiger partial charge in [-0.1, -0.05) is 30.3 Å². The molecule has 5 heteroatoms. The third-order valence-electron chi connectivity index (χ3n) is 4.15. The third-order valence-corrected chi connectivity index (χ3v) is 4.15. The molecule has 5 nitrogen and oxygen atoms in total. The van der Waals surface area contributed by atoms with Gasteiger partial charge in [-0.3, -0.25) is 0 Å². The SMILES string of the molecule is N#Cc1cc(NCc2cccc3c2OCCCO3)c2ccccc2n1. The van der Waals surface area contributed by atoms with E-state index in [0.717, 1.165) is 40.1 Å². The molecule has 1 aliphatic rings. The Kier molecular flexibility index (Phi) is 4.09. The van der Waals surface area contributed by atoms with Gasteiger partial charge in [-0.2, -0.15) is 5.26 Å². The number of benzene rings is 2. The summed E-state index contributed by atoms with van der Waals surface area (Å²) >= 11 is 0. The van der Waals surface area contributed by atoms with Gasteiger partial charge in [0.1, 0.15) is 11.8 Å². The smallest absolute Gasteiger partial charge is 0.166 e. The first-order valence-electron chi connectivity index (χ1n) is 8.26. The number of para-hydroxylation sites is 2. The lowest BCUT2D eigenvalue weighted by Gasteiger charge is -2.14.